The fourth-order valence-corrected chi connectivity index (χ4v) is 2.03. The summed E-state index contributed by atoms with van der Waals surface area (Å²) in [5, 5.41) is 0.993. The highest BCUT2D eigenvalue weighted by atomic mass is 79.9. The lowest BCUT2D eigenvalue weighted by atomic mass is 10.2. The summed E-state index contributed by atoms with van der Waals surface area (Å²) in [5.74, 6) is 2.48. The highest BCUT2D eigenvalue weighted by Gasteiger charge is 2.03. The van der Waals surface area contributed by atoms with Crippen LogP contribution in [0.25, 0.3) is 10.9 Å². The van der Waals surface area contributed by atoms with E-state index in [0.717, 1.165) is 15.4 Å². The van der Waals surface area contributed by atoms with Crippen LogP contribution in [0.2, 0.25) is 0 Å². The summed E-state index contributed by atoms with van der Waals surface area (Å²) in [6, 6.07) is 9.05. The van der Waals surface area contributed by atoms with Gasteiger partial charge in [-0.3, -0.25) is 9.36 Å². The topological polar surface area (TPSA) is 22.0 Å². The van der Waals surface area contributed by atoms with Crippen molar-refractivity contribution in [1.29, 1.82) is 0 Å². The van der Waals surface area contributed by atoms with Crippen LogP contribution in [0.5, 0.6) is 0 Å². The Labute approximate surface area is 95.7 Å². The fraction of sp³-hybridized carbons (Fsp3) is 0.0833. The summed E-state index contributed by atoms with van der Waals surface area (Å²) in [6.45, 7) is 0.298. The minimum Gasteiger partial charge on any atom is -0.297 e. The summed E-state index contributed by atoms with van der Waals surface area (Å²) in [4.78, 5) is 11.6. The number of hydrogen-bond donors (Lipinski definition) is 0. The third-order valence-electron chi connectivity index (χ3n) is 2.23. The first-order valence-corrected chi connectivity index (χ1v) is 5.25. The molecule has 2 nitrogen and oxygen atoms in total. The highest BCUT2D eigenvalue weighted by molar-refractivity contribution is 9.10. The quantitative estimate of drug-likeness (QED) is 0.723. The molecule has 0 atom stereocenters. The van der Waals surface area contributed by atoms with Crippen LogP contribution >= 0.6 is 15.9 Å². The maximum atomic E-state index is 11.6. The number of benzene rings is 1. The van der Waals surface area contributed by atoms with Crippen LogP contribution in [-0.2, 0) is 6.54 Å². The molecule has 0 fully saturated rings. The van der Waals surface area contributed by atoms with E-state index < -0.39 is 0 Å². The van der Waals surface area contributed by atoms with Gasteiger partial charge in [-0.25, -0.2) is 0 Å². The van der Waals surface area contributed by atoms with Crippen LogP contribution in [-0.4, -0.2) is 4.57 Å². The van der Waals surface area contributed by atoms with Crippen LogP contribution in [0, 0.1) is 12.3 Å². The van der Waals surface area contributed by atoms with E-state index in [2.05, 4.69) is 21.9 Å². The molecule has 0 spiro atoms. The summed E-state index contributed by atoms with van der Waals surface area (Å²) < 4.78 is 2.55. The number of rotatable bonds is 1. The molecule has 0 unspecified atom stereocenters. The van der Waals surface area contributed by atoms with Crippen molar-refractivity contribution in [3.63, 3.8) is 0 Å². The Kier molecular flexibility index (Phi) is 2.61. The molecular weight excluding hydrogens is 254 g/mol. The normalized spacial score (nSPS) is 10.1. The molecule has 3 heteroatoms. The van der Waals surface area contributed by atoms with Gasteiger partial charge in [0.15, 0.2) is 0 Å². The zero-order chi connectivity index (χ0) is 10.8. The van der Waals surface area contributed by atoms with E-state index >= 15 is 0 Å². The number of aromatic nitrogens is 1. The van der Waals surface area contributed by atoms with Crippen molar-refractivity contribution in [2.24, 2.45) is 0 Å². The molecule has 2 aromatic rings. The van der Waals surface area contributed by atoms with Crippen molar-refractivity contribution in [2.75, 3.05) is 0 Å². The predicted octanol–water partition coefficient (Wildman–Crippen LogP) is 2.40. The number of hydrogen-bond acceptors (Lipinski definition) is 1. The largest absolute Gasteiger partial charge is 0.297 e. The van der Waals surface area contributed by atoms with Gasteiger partial charge in [0.05, 0.1) is 12.1 Å². The van der Waals surface area contributed by atoms with E-state index in [0.29, 0.717) is 6.54 Å². The minimum atomic E-state index is -0.0708. The Morgan fingerprint density at radius 3 is 2.87 bits per heavy atom. The Morgan fingerprint density at radius 1 is 1.33 bits per heavy atom. The molecule has 1 aromatic carbocycles. The van der Waals surface area contributed by atoms with Crippen molar-refractivity contribution in [3.8, 4) is 12.3 Å². The highest BCUT2D eigenvalue weighted by Crippen LogP contribution is 2.21. The van der Waals surface area contributed by atoms with Gasteiger partial charge in [0.2, 0.25) is 0 Å². The van der Waals surface area contributed by atoms with Gasteiger partial charge in [-0.15, -0.1) is 6.42 Å². The molecule has 1 heterocycles. The van der Waals surface area contributed by atoms with Crippen LogP contribution in [0.15, 0.2) is 39.6 Å². The molecule has 0 amide bonds. The molecule has 0 N–H and O–H groups in total. The van der Waals surface area contributed by atoms with E-state index in [-0.39, 0.29) is 5.56 Å². The first kappa shape index (κ1) is 10.0. The molecule has 0 saturated carbocycles. The molecule has 0 aliphatic carbocycles. The average Bonchev–Trinajstić information content (AvgIpc) is 2.23. The van der Waals surface area contributed by atoms with Gasteiger partial charge in [-0.2, -0.15) is 0 Å². The lowest BCUT2D eigenvalue weighted by Crippen LogP contribution is -2.18. The van der Waals surface area contributed by atoms with Crippen molar-refractivity contribution < 1.29 is 0 Å². The van der Waals surface area contributed by atoms with Gasteiger partial charge in [-0.1, -0.05) is 27.9 Å². The third-order valence-corrected chi connectivity index (χ3v) is 2.92. The van der Waals surface area contributed by atoms with Crippen molar-refractivity contribution in [3.05, 3.63) is 45.2 Å². The Balaban J connectivity index is 2.89. The number of fused-ring (bicyclic) bond motifs is 1. The van der Waals surface area contributed by atoms with E-state index in [1.165, 1.54) is 6.07 Å². The number of nitrogens with zero attached hydrogens (tertiary/aromatic N) is 1. The molecule has 0 bridgehead atoms. The SMILES string of the molecule is C#CCn1c(=O)ccc2c(Br)cccc21. The minimum absolute atomic E-state index is 0.0708. The van der Waals surface area contributed by atoms with Crippen LogP contribution in [0.4, 0.5) is 0 Å². The van der Waals surface area contributed by atoms with Gasteiger partial charge in [-0.05, 0) is 18.2 Å². The third kappa shape index (κ3) is 1.69. The average molecular weight is 262 g/mol. The van der Waals surface area contributed by atoms with Crippen LogP contribution in [0.1, 0.15) is 0 Å². The number of pyridine rings is 1. The Hall–Kier alpha value is -1.53. The predicted molar refractivity (Wildman–Crippen MR) is 64.7 cm³/mol. The second-order valence-corrected chi connectivity index (χ2v) is 3.99. The second-order valence-electron chi connectivity index (χ2n) is 3.13. The van der Waals surface area contributed by atoms with Gasteiger partial charge in [0.1, 0.15) is 0 Å². The molecule has 1 aromatic heterocycles. The fourth-order valence-electron chi connectivity index (χ4n) is 1.54. The van der Waals surface area contributed by atoms with E-state index in [9.17, 15) is 4.79 Å². The number of halogens is 1. The molecule has 0 aliphatic rings. The lowest BCUT2D eigenvalue weighted by molar-refractivity contribution is 0.836. The van der Waals surface area contributed by atoms with Gasteiger partial charge in [0.25, 0.3) is 5.56 Å². The smallest absolute Gasteiger partial charge is 0.251 e. The maximum Gasteiger partial charge on any atom is 0.251 e. The molecule has 15 heavy (non-hydrogen) atoms. The molecule has 0 saturated heterocycles. The van der Waals surface area contributed by atoms with Gasteiger partial charge < -0.3 is 0 Å². The van der Waals surface area contributed by atoms with Gasteiger partial charge in [0, 0.05) is 15.9 Å². The Morgan fingerprint density at radius 2 is 2.13 bits per heavy atom. The molecular formula is C12H8BrNO. The summed E-state index contributed by atoms with van der Waals surface area (Å²) in [6.07, 6.45) is 5.24. The first-order valence-electron chi connectivity index (χ1n) is 4.45. The van der Waals surface area contributed by atoms with Crippen molar-refractivity contribution in [1.82, 2.24) is 4.57 Å². The van der Waals surface area contributed by atoms with E-state index in [4.69, 9.17) is 6.42 Å². The summed E-state index contributed by atoms with van der Waals surface area (Å²) >= 11 is 3.44. The number of terminal acetylenes is 1. The van der Waals surface area contributed by atoms with E-state index in [1.54, 1.807) is 10.6 Å². The second kappa shape index (κ2) is 3.92. The first-order chi connectivity index (χ1) is 7.24. The van der Waals surface area contributed by atoms with Crippen LogP contribution < -0.4 is 5.56 Å². The Bertz CT molecular complexity index is 607. The summed E-state index contributed by atoms with van der Waals surface area (Å²) in [7, 11) is 0. The zero-order valence-corrected chi connectivity index (χ0v) is 9.49. The van der Waals surface area contributed by atoms with Crippen molar-refractivity contribution in [2.45, 2.75) is 6.54 Å². The monoisotopic (exact) mass is 261 g/mol. The zero-order valence-electron chi connectivity index (χ0n) is 7.90. The maximum absolute atomic E-state index is 11.6. The molecule has 0 radical (unpaired) electrons. The van der Waals surface area contributed by atoms with Gasteiger partial charge >= 0.3 is 0 Å². The van der Waals surface area contributed by atoms with Crippen LogP contribution in [0.3, 0.4) is 0 Å². The molecule has 2 rings (SSSR count). The molecule has 0 aliphatic heterocycles. The molecule has 74 valence electrons. The van der Waals surface area contributed by atoms with Crippen molar-refractivity contribution >= 4 is 26.8 Å². The lowest BCUT2D eigenvalue weighted by Gasteiger charge is -2.07. The standard InChI is InChI=1S/C12H8BrNO/c1-2-8-14-11-5-3-4-10(13)9(11)6-7-12(14)15/h1,3-7H,8H2. The van der Waals surface area contributed by atoms with E-state index in [1.807, 2.05) is 18.2 Å². The summed E-state index contributed by atoms with van der Waals surface area (Å²) in [5.41, 5.74) is 0.786.